The molecule has 0 fully saturated rings. The van der Waals surface area contributed by atoms with Gasteiger partial charge in [-0.15, -0.1) is 0 Å². The smallest absolute Gasteiger partial charge is 0.434 e. The van der Waals surface area contributed by atoms with Crippen LogP contribution < -0.4 is 0 Å². The molecule has 0 aliphatic heterocycles. The van der Waals surface area contributed by atoms with E-state index < -0.39 is 35.5 Å². The van der Waals surface area contributed by atoms with Crippen molar-refractivity contribution in [2.45, 2.75) is 66.4 Å². The summed E-state index contributed by atoms with van der Waals surface area (Å²) in [5.74, 6) is -1.12. The maximum absolute atomic E-state index is 12.6. The summed E-state index contributed by atoms with van der Waals surface area (Å²) in [6.07, 6.45) is -14.6. The number of alkyl halides is 6. The van der Waals surface area contributed by atoms with E-state index in [1.807, 2.05) is 20.8 Å². The molecule has 0 radical (unpaired) electrons. The Labute approximate surface area is 127 Å². The molecular weight excluding hydrogens is 310 g/mol. The Hall–Kier alpha value is -0.880. The van der Waals surface area contributed by atoms with Crippen LogP contribution in [0.4, 0.5) is 26.3 Å². The van der Waals surface area contributed by atoms with Crippen molar-refractivity contribution in [3.05, 3.63) is 12.3 Å². The summed E-state index contributed by atoms with van der Waals surface area (Å²) < 4.78 is 79.8. The number of hydrogen-bond donors (Lipinski definition) is 0. The van der Waals surface area contributed by atoms with E-state index in [9.17, 15) is 26.3 Å². The van der Waals surface area contributed by atoms with Gasteiger partial charge in [-0.05, 0) is 17.3 Å². The maximum atomic E-state index is 12.6. The van der Waals surface area contributed by atoms with Gasteiger partial charge in [0.15, 0.2) is 0 Å². The third kappa shape index (κ3) is 6.92. The van der Waals surface area contributed by atoms with Crippen LogP contribution >= 0.6 is 0 Å². The molecule has 0 aliphatic carbocycles. The normalized spacial score (nSPS) is 15.9. The molecule has 0 saturated heterocycles. The Morgan fingerprint density at radius 2 is 1.23 bits per heavy atom. The van der Waals surface area contributed by atoms with E-state index in [0.717, 1.165) is 0 Å². The van der Waals surface area contributed by atoms with Gasteiger partial charge in [0.2, 0.25) is 0 Å². The van der Waals surface area contributed by atoms with Gasteiger partial charge in [0.1, 0.15) is 0 Å². The monoisotopic (exact) mass is 334 g/mol. The standard InChI is InChI=1S/C15H24F6O/c1-9(10(13(5,6)7)8-12(2,3)4)22-11(14(16,17)18)15(19,20)21/h10-11H,1,8H2,2-7H3. The van der Waals surface area contributed by atoms with Gasteiger partial charge in [-0.25, -0.2) is 0 Å². The SMILES string of the molecule is C=C(OC(C(F)(F)F)C(F)(F)F)C(CC(C)(C)C)C(C)(C)C. The molecule has 132 valence electrons. The van der Waals surface area contributed by atoms with Crippen LogP contribution in [0.25, 0.3) is 0 Å². The molecule has 7 heteroatoms. The molecule has 1 atom stereocenters. The third-order valence-corrected chi connectivity index (χ3v) is 3.11. The first-order chi connectivity index (χ1) is 9.36. The van der Waals surface area contributed by atoms with E-state index in [2.05, 4.69) is 11.3 Å². The molecule has 0 heterocycles. The third-order valence-electron chi connectivity index (χ3n) is 3.11. The summed E-state index contributed by atoms with van der Waals surface area (Å²) >= 11 is 0. The highest BCUT2D eigenvalue weighted by atomic mass is 19.4. The highest BCUT2D eigenvalue weighted by Crippen LogP contribution is 2.43. The van der Waals surface area contributed by atoms with E-state index in [1.165, 1.54) is 0 Å². The van der Waals surface area contributed by atoms with E-state index in [4.69, 9.17) is 0 Å². The molecule has 0 amide bonds. The quantitative estimate of drug-likeness (QED) is 0.445. The van der Waals surface area contributed by atoms with Crippen LogP contribution in [-0.4, -0.2) is 18.5 Å². The fourth-order valence-corrected chi connectivity index (χ4v) is 2.07. The van der Waals surface area contributed by atoms with Crippen LogP contribution in [0.5, 0.6) is 0 Å². The Kier molecular flexibility index (Phi) is 6.07. The lowest BCUT2D eigenvalue weighted by atomic mass is 9.71. The minimum Gasteiger partial charge on any atom is -0.476 e. The van der Waals surface area contributed by atoms with Crippen molar-refractivity contribution in [1.29, 1.82) is 0 Å². The van der Waals surface area contributed by atoms with Crippen molar-refractivity contribution < 1.29 is 31.1 Å². The Balaban J connectivity index is 5.41. The zero-order chi connectivity index (χ0) is 18.1. The molecule has 0 spiro atoms. The number of hydrogen-bond acceptors (Lipinski definition) is 1. The molecule has 0 aromatic rings. The predicted octanol–water partition coefficient (Wildman–Crippen LogP) is 6.11. The molecular formula is C15H24F6O. The van der Waals surface area contributed by atoms with Crippen molar-refractivity contribution >= 4 is 0 Å². The molecule has 0 aromatic carbocycles. The molecule has 22 heavy (non-hydrogen) atoms. The van der Waals surface area contributed by atoms with Gasteiger partial charge in [0, 0.05) is 5.92 Å². The molecule has 0 aliphatic rings. The topological polar surface area (TPSA) is 9.23 Å². The summed E-state index contributed by atoms with van der Waals surface area (Å²) in [5.41, 5.74) is -0.873. The second kappa shape index (κ2) is 6.32. The molecule has 1 nitrogen and oxygen atoms in total. The summed E-state index contributed by atoms with van der Waals surface area (Å²) in [5, 5.41) is 0. The number of allylic oxidation sites excluding steroid dienone is 1. The van der Waals surface area contributed by atoms with Crippen LogP contribution in [0.3, 0.4) is 0 Å². The summed E-state index contributed by atoms with van der Waals surface area (Å²) in [6.45, 7) is 14.1. The zero-order valence-corrected chi connectivity index (χ0v) is 13.7. The van der Waals surface area contributed by atoms with E-state index in [1.54, 1.807) is 20.8 Å². The molecule has 0 saturated carbocycles. The van der Waals surface area contributed by atoms with Crippen molar-refractivity contribution in [1.82, 2.24) is 0 Å². The van der Waals surface area contributed by atoms with Crippen LogP contribution in [0.2, 0.25) is 0 Å². The fourth-order valence-electron chi connectivity index (χ4n) is 2.07. The summed E-state index contributed by atoms with van der Waals surface area (Å²) in [4.78, 5) is 0. The molecule has 0 rings (SSSR count). The average molecular weight is 334 g/mol. The van der Waals surface area contributed by atoms with E-state index >= 15 is 0 Å². The molecule has 0 bridgehead atoms. The minimum atomic E-state index is -5.54. The highest BCUT2D eigenvalue weighted by molar-refractivity contribution is 5.01. The van der Waals surface area contributed by atoms with Gasteiger partial charge >= 0.3 is 12.4 Å². The first-order valence-corrected chi connectivity index (χ1v) is 6.84. The largest absolute Gasteiger partial charge is 0.476 e. The summed E-state index contributed by atoms with van der Waals surface area (Å²) in [7, 11) is 0. The molecule has 0 N–H and O–H groups in total. The first-order valence-electron chi connectivity index (χ1n) is 6.84. The van der Waals surface area contributed by atoms with Gasteiger partial charge in [-0.3, -0.25) is 0 Å². The van der Waals surface area contributed by atoms with E-state index in [0.29, 0.717) is 6.42 Å². The van der Waals surface area contributed by atoms with Crippen molar-refractivity contribution in [3.63, 3.8) is 0 Å². The Morgan fingerprint density at radius 1 is 0.864 bits per heavy atom. The van der Waals surface area contributed by atoms with Gasteiger partial charge in [0.25, 0.3) is 6.10 Å². The van der Waals surface area contributed by atoms with Gasteiger partial charge in [-0.1, -0.05) is 48.1 Å². The Bertz CT molecular complexity index is 367. The molecule has 1 unspecified atom stereocenters. The first kappa shape index (κ1) is 21.1. The zero-order valence-electron chi connectivity index (χ0n) is 13.7. The number of rotatable bonds is 4. The Morgan fingerprint density at radius 3 is 1.45 bits per heavy atom. The van der Waals surface area contributed by atoms with Crippen LogP contribution in [0.15, 0.2) is 12.3 Å². The lowest BCUT2D eigenvalue weighted by Crippen LogP contribution is -2.45. The molecule has 0 aromatic heterocycles. The minimum absolute atomic E-state index is 0.295. The van der Waals surface area contributed by atoms with Crippen LogP contribution in [0.1, 0.15) is 48.0 Å². The van der Waals surface area contributed by atoms with Gasteiger partial charge in [-0.2, -0.15) is 26.3 Å². The van der Waals surface area contributed by atoms with Crippen molar-refractivity contribution in [3.8, 4) is 0 Å². The van der Waals surface area contributed by atoms with Crippen molar-refractivity contribution in [2.24, 2.45) is 16.7 Å². The predicted molar refractivity (Wildman–Crippen MR) is 73.1 cm³/mol. The van der Waals surface area contributed by atoms with Gasteiger partial charge < -0.3 is 4.74 Å². The summed E-state index contributed by atoms with van der Waals surface area (Å²) in [6, 6.07) is 0. The number of halogens is 6. The lowest BCUT2D eigenvalue weighted by Gasteiger charge is -2.38. The van der Waals surface area contributed by atoms with Crippen LogP contribution in [0, 0.1) is 16.7 Å². The van der Waals surface area contributed by atoms with E-state index in [-0.39, 0.29) is 5.41 Å². The average Bonchev–Trinajstić information content (AvgIpc) is 2.16. The fraction of sp³-hybridized carbons (Fsp3) is 0.867. The van der Waals surface area contributed by atoms with Crippen molar-refractivity contribution in [2.75, 3.05) is 0 Å². The van der Waals surface area contributed by atoms with Crippen LogP contribution in [-0.2, 0) is 4.74 Å². The maximum Gasteiger partial charge on any atom is 0.434 e. The highest BCUT2D eigenvalue weighted by Gasteiger charge is 2.59. The van der Waals surface area contributed by atoms with Gasteiger partial charge in [0.05, 0.1) is 5.76 Å². The second-order valence-electron chi connectivity index (χ2n) is 7.73. The second-order valence-corrected chi connectivity index (χ2v) is 7.73. The lowest BCUT2D eigenvalue weighted by molar-refractivity contribution is -0.315. The number of ether oxygens (including phenoxy) is 1.